The second kappa shape index (κ2) is 10.6. The Hall–Kier alpha value is -3.09. The molecule has 0 radical (unpaired) electrons. The number of hydrogen-bond donors (Lipinski definition) is 2. The largest absolute Gasteiger partial charge is 0.494 e. The Labute approximate surface area is 177 Å². The van der Waals surface area contributed by atoms with Crippen molar-refractivity contribution < 1.29 is 18.3 Å². The molecule has 1 atom stereocenters. The van der Waals surface area contributed by atoms with E-state index in [0.717, 1.165) is 17.7 Å². The van der Waals surface area contributed by atoms with E-state index in [1.165, 1.54) is 0 Å². The number of benzene rings is 3. The molecule has 3 rings (SSSR count). The van der Waals surface area contributed by atoms with Crippen molar-refractivity contribution in [2.45, 2.75) is 23.8 Å². The number of aliphatic hydroxyl groups is 1. The molecule has 6 heteroatoms. The van der Waals surface area contributed by atoms with Crippen molar-refractivity contribution in [2.75, 3.05) is 11.3 Å². The van der Waals surface area contributed by atoms with Gasteiger partial charge in [-0.15, -0.1) is 0 Å². The van der Waals surface area contributed by atoms with Crippen molar-refractivity contribution in [3.63, 3.8) is 0 Å². The summed E-state index contributed by atoms with van der Waals surface area (Å²) in [4.78, 5) is 0.207. The van der Waals surface area contributed by atoms with Gasteiger partial charge in [-0.25, -0.2) is 8.42 Å². The first-order valence-corrected chi connectivity index (χ1v) is 11.2. The van der Waals surface area contributed by atoms with Gasteiger partial charge >= 0.3 is 0 Å². The van der Waals surface area contributed by atoms with E-state index in [1.54, 1.807) is 60.7 Å². The third-order valence-corrected chi connectivity index (χ3v) is 5.76. The molecule has 0 aliphatic heterocycles. The summed E-state index contributed by atoms with van der Waals surface area (Å²) in [6, 6.07) is 24.8. The maximum absolute atomic E-state index is 12.4. The van der Waals surface area contributed by atoms with Crippen LogP contribution in [0.3, 0.4) is 0 Å². The lowest BCUT2D eigenvalue weighted by molar-refractivity contribution is 0.196. The second-order valence-electron chi connectivity index (χ2n) is 6.77. The monoisotopic (exact) mass is 423 g/mol. The highest BCUT2D eigenvalue weighted by Gasteiger charge is 2.13. The molecule has 0 saturated carbocycles. The molecule has 0 saturated heterocycles. The number of aliphatic hydroxyl groups excluding tert-OH is 1. The molecule has 3 aromatic carbocycles. The SMILES string of the molecule is O=S(=O)(Nc1cccc(/C=C/[C@@H](O)CCCOc2ccccc2)c1)c1ccccc1. The molecule has 2 N–H and O–H groups in total. The molecule has 0 spiro atoms. The number of para-hydroxylation sites is 1. The number of ether oxygens (including phenoxy) is 1. The zero-order valence-electron chi connectivity index (χ0n) is 16.5. The highest BCUT2D eigenvalue weighted by atomic mass is 32.2. The van der Waals surface area contributed by atoms with Crippen LogP contribution in [0.2, 0.25) is 0 Å². The van der Waals surface area contributed by atoms with E-state index in [0.29, 0.717) is 18.7 Å². The fourth-order valence-electron chi connectivity index (χ4n) is 2.84. The van der Waals surface area contributed by atoms with E-state index < -0.39 is 16.1 Å². The lowest BCUT2D eigenvalue weighted by atomic mass is 10.1. The number of anilines is 1. The summed E-state index contributed by atoms with van der Waals surface area (Å²) in [5.74, 6) is 0.817. The fourth-order valence-corrected chi connectivity index (χ4v) is 3.91. The Morgan fingerprint density at radius 3 is 2.37 bits per heavy atom. The van der Waals surface area contributed by atoms with E-state index >= 15 is 0 Å². The summed E-state index contributed by atoms with van der Waals surface area (Å²) in [6.45, 7) is 0.533. The molecule has 0 heterocycles. The summed E-state index contributed by atoms with van der Waals surface area (Å²) in [5.41, 5.74) is 1.26. The predicted octanol–water partition coefficient (Wildman–Crippen LogP) is 4.72. The van der Waals surface area contributed by atoms with Crippen LogP contribution in [0.15, 0.2) is 95.9 Å². The fraction of sp³-hybridized carbons (Fsp3) is 0.167. The van der Waals surface area contributed by atoms with Gasteiger partial charge in [-0.05, 0) is 54.8 Å². The van der Waals surface area contributed by atoms with Gasteiger partial charge in [0.2, 0.25) is 0 Å². The molecule has 0 aliphatic rings. The standard InChI is InChI=1S/C24H25NO4S/c26-22(11-8-18-29-23-12-3-1-4-13-23)17-16-20-9-7-10-21(19-20)25-30(27,28)24-14-5-2-6-15-24/h1-7,9-10,12-17,19,22,25-26H,8,11,18H2/b17-16+/t22-/m0/s1. The van der Waals surface area contributed by atoms with Gasteiger partial charge in [-0.3, -0.25) is 4.72 Å². The Morgan fingerprint density at radius 2 is 1.63 bits per heavy atom. The Morgan fingerprint density at radius 1 is 0.933 bits per heavy atom. The molecule has 0 aliphatic carbocycles. The number of hydrogen-bond acceptors (Lipinski definition) is 4. The first-order valence-electron chi connectivity index (χ1n) is 9.75. The van der Waals surface area contributed by atoms with E-state index in [9.17, 15) is 13.5 Å². The van der Waals surface area contributed by atoms with Gasteiger partial charge in [0.25, 0.3) is 10.0 Å². The summed E-state index contributed by atoms with van der Waals surface area (Å²) >= 11 is 0. The van der Waals surface area contributed by atoms with E-state index in [2.05, 4.69) is 4.72 Å². The minimum absolute atomic E-state index is 0.207. The summed E-state index contributed by atoms with van der Waals surface area (Å²) < 4.78 is 33.1. The number of sulfonamides is 1. The predicted molar refractivity (Wildman–Crippen MR) is 120 cm³/mol. The van der Waals surface area contributed by atoms with Crippen molar-refractivity contribution >= 4 is 21.8 Å². The minimum Gasteiger partial charge on any atom is -0.494 e. The highest BCUT2D eigenvalue weighted by molar-refractivity contribution is 7.92. The van der Waals surface area contributed by atoms with Crippen LogP contribution in [0.1, 0.15) is 18.4 Å². The van der Waals surface area contributed by atoms with E-state index in [-0.39, 0.29) is 4.90 Å². The molecule has 0 aromatic heterocycles. The van der Waals surface area contributed by atoms with Gasteiger partial charge in [0.15, 0.2) is 0 Å². The first kappa shape index (κ1) is 21.6. The minimum atomic E-state index is -3.64. The van der Waals surface area contributed by atoms with Gasteiger partial charge in [0.1, 0.15) is 5.75 Å². The molecule has 156 valence electrons. The summed E-state index contributed by atoms with van der Waals surface area (Å²) in [7, 11) is -3.64. The van der Waals surface area contributed by atoms with Crippen molar-refractivity contribution in [1.82, 2.24) is 0 Å². The zero-order valence-corrected chi connectivity index (χ0v) is 17.3. The molecule has 5 nitrogen and oxygen atoms in total. The van der Waals surface area contributed by atoms with Crippen LogP contribution in [0.5, 0.6) is 5.75 Å². The van der Waals surface area contributed by atoms with Crippen molar-refractivity contribution in [3.8, 4) is 5.75 Å². The lowest BCUT2D eigenvalue weighted by Gasteiger charge is -2.09. The molecule has 3 aromatic rings. The van der Waals surface area contributed by atoms with Crippen molar-refractivity contribution in [2.24, 2.45) is 0 Å². The Kier molecular flexibility index (Phi) is 7.65. The quantitative estimate of drug-likeness (QED) is 0.463. The summed E-state index contributed by atoms with van der Waals surface area (Å²) in [6.07, 6.45) is 4.17. The molecule has 0 fully saturated rings. The normalized spacial score (nSPS) is 12.6. The van der Waals surface area contributed by atoms with Crippen LogP contribution in [0.4, 0.5) is 5.69 Å². The summed E-state index contributed by atoms with van der Waals surface area (Å²) in [5, 5.41) is 10.2. The van der Waals surface area contributed by atoms with Crippen LogP contribution in [0, 0.1) is 0 Å². The lowest BCUT2D eigenvalue weighted by Crippen LogP contribution is -2.12. The van der Waals surface area contributed by atoms with Gasteiger partial charge in [0, 0.05) is 5.69 Å². The van der Waals surface area contributed by atoms with Gasteiger partial charge in [0.05, 0.1) is 17.6 Å². The maximum atomic E-state index is 12.4. The highest BCUT2D eigenvalue weighted by Crippen LogP contribution is 2.18. The van der Waals surface area contributed by atoms with Gasteiger partial charge < -0.3 is 9.84 Å². The van der Waals surface area contributed by atoms with Gasteiger partial charge in [-0.1, -0.05) is 60.7 Å². The van der Waals surface area contributed by atoms with Crippen LogP contribution in [-0.2, 0) is 10.0 Å². The number of nitrogens with one attached hydrogen (secondary N) is 1. The molecule has 0 bridgehead atoms. The maximum Gasteiger partial charge on any atom is 0.261 e. The Balaban J connectivity index is 1.51. The van der Waals surface area contributed by atoms with Crippen LogP contribution < -0.4 is 9.46 Å². The average molecular weight is 424 g/mol. The zero-order chi connectivity index (χ0) is 21.2. The molecule has 30 heavy (non-hydrogen) atoms. The number of rotatable bonds is 10. The molecule has 0 amide bonds. The van der Waals surface area contributed by atoms with Crippen LogP contribution in [-0.4, -0.2) is 26.2 Å². The molecular weight excluding hydrogens is 398 g/mol. The topological polar surface area (TPSA) is 75.6 Å². The third kappa shape index (κ3) is 6.76. The smallest absolute Gasteiger partial charge is 0.261 e. The van der Waals surface area contributed by atoms with Gasteiger partial charge in [-0.2, -0.15) is 0 Å². The second-order valence-corrected chi connectivity index (χ2v) is 8.46. The third-order valence-electron chi connectivity index (χ3n) is 4.36. The molecular formula is C24H25NO4S. The Bertz CT molecular complexity index is 1050. The van der Waals surface area contributed by atoms with E-state index in [4.69, 9.17) is 4.74 Å². The first-order chi connectivity index (χ1) is 14.5. The molecule has 0 unspecified atom stereocenters. The van der Waals surface area contributed by atoms with Crippen molar-refractivity contribution in [1.29, 1.82) is 0 Å². The van der Waals surface area contributed by atoms with Crippen LogP contribution >= 0.6 is 0 Å². The average Bonchev–Trinajstić information content (AvgIpc) is 2.77. The van der Waals surface area contributed by atoms with Crippen LogP contribution in [0.25, 0.3) is 6.08 Å². The van der Waals surface area contributed by atoms with E-state index in [1.807, 2.05) is 36.4 Å². The van der Waals surface area contributed by atoms with Crippen molar-refractivity contribution in [3.05, 3.63) is 96.6 Å².